The van der Waals surface area contributed by atoms with Gasteiger partial charge in [-0.3, -0.25) is 9.78 Å². The first-order valence-electron chi connectivity index (χ1n) is 6.68. The maximum absolute atomic E-state index is 12.4. The molecule has 0 amide bonds. The number of nitriles is 1. The molecule has 0 unspecified atom stereocenters. The van der Waals surface area contributed by atoms with Gasteiger partial charge in [0.05, 0.1) is 7.11 Å². The Balaban J connectivity index is 2.55. The molecule has 0 atom stereocenters. The Bertz CT molecular complexity index is 954. The highest BCUT2D eigenvalue weighted by Gasteiger charge is 2.16. The van der Waals surface area contributed by atoms with Crippen LogP contribution in [0.4, 0.5) is 0 Å². The summed E-state index contributed by atoms with van der Waals surface area (Å²) in [4.78, 5) is 16.6. The largest absolute Gasteiger partial charge is 0.497 e. The van der Waals surface area contributed by atoms with Gasteiger partial charge in [-0.15, -0.1) is 0 Å². The van der Waals surface area contributed by atoms with Crippen LogP contribution in [0.25, 0.3) is 21.9 Å². The third-order valence-electron chi connectivity index (χ3n) is 3.66. The van der Waals surface area contributed by atoms with E-state index >= 15 is 0 Å². The number of rotatable bonds is 2. The average Bonchev–Trinajstić information content (AvgIpc) is 2.58. The summed E-state index contributed by atoms with van der Waals surface area (Å²) < 4.78 is 6.62. The van der Waals surface area contributed by atoms with Gasteiger partial charge in [0.25, 0.3) is 5.56 Å². The summed E-state index contributed by atoms with van der Waals surface area (Å²) in [7, 11) is 3.17. The Kier molecular flexibility index (Phi) is 3.36. The molecule has 0 saturated heterocycles. The number of ether oxygens (including phenoxy) is 1. The van der Waals surface area contributed by atoms with Crippen molar-refractivity contribution in [2.45, 2.75) is 0 Å². The quantitative estimate of drug-likeness (QED) is 0.727. The number of pyridine rings is 2. The highest BCUT2D eigenvalue weighted by molar-refractivity contribution is 5.98. The highest BCUT2D eigenvalue weighted by Crippen LogP contribution is 2.31. The lowest BCUT2D eigenvalue weighted by Crippen LogP contribution is -2.20. The predicted molar refractivity (Wildman–Crippen MR) is 83.7 cm³/mol. The van der Waals surface area contributed by atoms with Gasteiger partial charge in [0.2, 0.25) is 0 Å². The zero-order valence-corrected chi connectivity index (χ0v) is 12.2. The van der Waals surface area contributed by atoms with Crippen LogP contribution in [0.5, 0.6) is 5.75 Å². The van der Waals surface area contributed by atoms with Gasteiger partial charge in [0, 0.05) is 41.3 Å². The van der Waals surface area contributed by atoms with E-state index in [1.165, 1.54) is 4.57 Å². The Labute approximate surface area is 127 Å². The van der Waals surface area contributed by atoms with Crippen molar-refractivity contribution in [1.29, 1.82) is 5.26 Å². The molecule has 108 valence electrons. The summed E-state index contributed by atoms with van der Waals surface area (Å²) in [5.41, 5.74) is 1.57. The van der Waals surface area contributed by atoms with Gasteiger partial charge in [0.15, 0.2) is 0 Å². The van der Waals surface area contributed by atoms with Crippen molar-refractivity contribution in [2.75, 3.05) is 7.11 Å². The van der Waals surface area contributed by atoms with Crippen molar-refractivity contribution in [3.8, 4) is 22.9 Å². The van der Waals surface area contributed by atoms with Crippen LogP contribution in [-0.4, -0.2) is 16.7 Å². The van der Waals surface area contributed by atoms with E-state index in [0.29, 0.717) is 27.8 Å². The molecule has 0 radical (unpaired) electrons. The summed E-state index contributed by atoms with van der Waals surface area (Å²) in [6.07, 6.45) is 3.35. The molecule has 5 nitrogen and oxygen atoms in total. The van der Waals surface area contributed by atoms with Crippen molar-refractivity contribution in [1.82, 2.24) is 9.55 Å². The van der Waals surface area contributed by atoms with E-state index in [0.717, 1.165) is 5.56 Å². The Hall–Kier alpha value is -3.13. The third-order valence-corrected chi connectivity index (χ3v) is 3.66. The van der Waals surface area contributed by atoms with E-state index < -0.39 is 0 Å². The smallest absolute Gasteiger partial charge is 0.259 e. The van der Waals surface area contributed by atoms with Gasteiger partial charge >= 0.3 is 0 Å². The Morgan fingerprint density at radius 2 is 2.09 bits per heavy atom. The van der Waals surface area contributed by atoms with Crippen LogP contribution in [0.15, 0.2) is 47.5 Å². The lowest BCUT2D eigenvalue weighted by atomic mass is 9.98. The van der Waals surface area contributed by atoms with E-state index in [9.17, 15) is 10.1 Å². The summed E-state index contributed by atoms with van der Waals surface area (Å²) >= 11 is 0. The Morgan fingerprint density at radius 3 is 2.73 bits per heavy atom. The maximum Gasteiger partial charge on any atom is 0.259 e. The van der Waals surface area contributed by atoms with Crippen LogP contribution in [0.1, 0.15) is 5.69 Å². The normalized spacial score (nSPS) is 10.4. The standard InChI is InChI=1S/C17H13N3O2/c1-20-15(9-18)16(11-4-3-7-19-10-11)14-8-12(22-2)5-6-13(14)17(20)21/h3-8,10H,1-2H3. The van der Waals surface area contributed by atoms with Gasteiger partial charge in [-0.1, -0.05) is 6.07 Å². The molecule has 0 aliphatic heterocycles. The van der Waals surface area contributed by atoms with E-state index in [4.69, 9.17) is 4.74 Å². The first-order valence-corrected chi connectivity index (χ1v) is 6.68. The van der Waals surface area contributed by atoms with E-state index in [1.54, 1.807) is 50.8 Å². The predicted octanol–water partition coefficient (Wildman–Crippen LogP) is 2.48. The van der Waals surface area contributed by atoms with Gasteiger partial charge in [-0.25, -0.2) is 0 Å². The number of methoxy groups -OCH3 is 1. The third kappa shape index (κ3) is 2.02. The fourth-order valence-electron chi connectivity index (χ4n) is 2.55. The second-order valence-electron chi connectivity index (χ2n) is 4.85. The van der Waals surface area contributed by atoms with Gasteiger partial charge < -0.3 is 9.30 Å². The van der Waals surface area contributed by atoms with Gasteiger partial charge in [0.1, 0.15) is 17.5 Å². The molecule has 0 bridgehead atoms. The minimum atomic E-state index is -0.207. The highest BCUT2D eigenvalue weighted by atomic mass is 16.5. The fraction of sp³-hybridized carbons (Fsp3) is 0.118. The minimum absolute atomic E-state index is 0.207. The number of hydrogen-bond acceptors (Lipinski definition) is 4. The first kappa shape index (κ1) is 13.8. The van der Waals surface area contributed by atoms with Crippen LogP contribution in [-0.2, 0) is 7.05 Å². The molecule has 1 aromatic carbocycles. The zero-order valence-electron chi connectivity index (χ0n) is 12.2. The summed E-state index contributed by atoms with van der Waals surface area (Å²) in [5.74, 6) is 0.634. The van der Waals surface area contributed by atoms with Crippen LogP contribution in [0.2, 0.25) is 0 Å². The monoisotopic (exact) mass is 291 g/mol. The fourth-order valence-corrected chi connectivity index (χ4v) is 2.55. The number of nitrogens with zero attached hydrogens (tertiary/aromatic N) is 3. The van der Waals surface area contributed by atoms with E-state index in [1.807, 2.05) is 6.07 Å². The molecule has 3 rings (SSSR count). The van der Waals surface area contributed by atoms with Crippen LogP contribution >= 0.6 is 0 Å². The molecular formula is C17H13N3O2. The Morgan fingerprint density at radius 1 is 1.27 bits per heavy atom. The van der Waals surface area contributed by atoms with Crippen molar-refractivity contribution < 1.29 is 4.74 Å². The molecule has 0 spiro atoms. The van der Waals surface area contributed by atoms with Crippen molar-refractivity contribution >= 4 is 10.8 Å². The lowest BCUT2D eigenvalue weighted by molar-refractivity contribution is 0.415. The van der Waals surface area contributed by atoms with Crippen LogP contribution in [0.3, 0.4) is 0 Å². The summed E-state index contributed by atoms with van der Waals surface area (Å²) in [6, 6.07) is 11.0. The first-order chi connectivity index (χ1) is 10.7. The van der Waals surface area contributed by atoms with Gasteiger partial charge in [-0.05, 0) is 24.3 Å². The second kappa shape index (κ2) is 5.34. The lowest BCUT2D eigenvalue weighted by Gasteiger charge is -2.13. The maximum atomic E-state index is 12.4. The molecule has 5 heteroatoms. The molecule has 0 fully saturated rings. The number of aromatic nitrogens is 2. The summed E-state index contributed by atoms with van der Waals surface area (Å²) in [6.45, 7) is 0. The molecule has 0 N–H and O–H groups in total. The number of benzene rings is 1. The van der Waals surface area contributed by atoms with E-state index in [2.05, 4.69) is 11.1 Å². The molecular weight excluding hydrogens is 278 g/mol. The van der Waals surface area contributed by atoms with Crippen LogP contribution < -0.4 is 10.3 Å². The molecule has 2 aromatic heterocycles. The summed E-state index contributed by atoms with van der Waals surface area (Å²) in [5, 5.41) is 10.7. The van der Waals surface area contributed by atoms with E-state index in [-0.39, 0.29) is 5.56 Å². The van der Waals surface area contributed by atoms with Crippen molar-refractivity contribution in [3.05, 3.63) is 58.8 Å². The number of hydrogen-bond donors (Lipinski definition) is 0. The molecule has 0 saturated carbocycles. The zero-order chi connectivity index (χ0) is 15.7. The SMILES string of the molecule is COc1ccc2c(=O)n(C)c(C#N)c(-c3cccnc3)c2c1. The van der Waals surface area contributed by atoms with Crippen LogP contribution in [0, 0.1) is 11.3 Å². The molecule has 2 heterocycles. The van der Waals surface area contributed by atoms with Gasteiger partial charge in [-0.2, -0.15) is 5.26 Å². The average molecular weight is 291 g/mol. The second-order valence-corrected chi connectivity index (χ2v) is 4.85. The molecule has 0 aliphatic rings. The van der Waals surface area contributed by atoms with Crippen molar-refractivity contribution in [2.24, 2.45) is 7.05 Å². The minimum Gasteiger partial charge on any atom is -0.497 e. The topological polar surface area (TPSA) is 67.9 Å². The number of fused-ring (bicyclic) bond motifs is 1. The molecule has 3 aromatic rings. The van der Waals surface area contributed by atoms with Crippen molar-refractivity contribution in [3.63, 3.8) is 0 Å². The molecule has 0 aliphatic carbocycles. The molecule has 22 heavy (non-hydrogen) atoms.